The van der Waals surface area contributed by atoms with Crippen LogP contribution in [0.4, 0.5) is 11.4 Å². The third-order valence-electron chi connectivity index (χ3n) is 7.10. The average Bonchev–Trinajstić information content (AvgIpc) is 2.94. The second-order valence-corrected chi connectivity index (χ2v) is 9.90. The van der Waals surface area contributed by atoms with Gasteiger partial charge in [0.25, 0.3) is 0 Å². The zero-order valence-corrected chi connectivity index (χ0v) is 23.9. The topological polar surface area (TPSA) is 85.3 Å². The van der Waals surface area contributed by atoms with E-state index >= 15 is 0 Å². The molecule has 0 spiro atoms. The number of halogens is 1. The minimum atomic E-state index is -0.485. The molecule has 1 aliphatic carbocycles. The van der Waals surface area contributed by atoms with E-state index < -0.39 is 11.6 Å². The van der Waals surface area contributed by atoms with Crippen molar-refractivity contribution in [3.8, 4) is 23.0 Å². The molecule has 0 fully saturated rings. The van der Waals surface area contributed by atoms with Gasteiger partial charge >= 0.3 is 0 Å². The number of ether oxygens (including phenoxy) is 3. The summed E-state index contributed by atoms with van der Waals surface area (Å²) in [5.41, 5.74) is 2.67. The van der Waals surface area contributed by atoms with E-state index in [1.165, 1.54) is 19.2 Å². The Hall–Kier alpha value is -4.04. The van der Waals surface area contributed by atoms with Crippen molar-refractivity contribution in [2.24, 2.45) is 0 Å². The first-order valence-electron chi connectivity index (χ1n) is 12.6. The summed E-state index contributed by atoms with van der Waals surface area (Å²) in [6.07, 6.45) is 0. The number of rotatable bonds is 7. The Bertz CT molecular complexity index is 1660. The summed E-state index contributed by atoms with van der Waals surface area (Å²) < 4.78 is 17.5. The molecule has 39 heavy (non-hydrogen) atoms. The van der Waals surface area contributed by atoms with Crippen LogP contribution in [-0.2, 0) is 0 Å². The van der Waals surface area contributed by atoms with Crippen molar-refractivity contribution in [1.29, 1.82) is 0 Å². The number of phenolic OH excluding ortho intramolecular Hbond substituents is 1. The van der Waals surface area contributed by atoms with Gasteiger partial charge in [-0.15, -0.1) is 0 Å². The standard InChI is InChI=1S/C31H28BrNO6/c1-6-33(21-12-13-23(38-5)19-11-9-8-10-18(19)21)28-16(3)27(32)25-26(31(28)39-7-2)30(36)24-20(29(25)35)14-17(37-4)15-22(24)34/h8-15,34H,6-7H2,1-5H3. The van der Waals surface area contributed by atoms with Crippen molar-refractivity contribution in [3.63, 3.8) is 0 Å². The van der Waals surface area contributed by atoms with Crippen LogP contribution in [0, 0.1) is 6.92 Å². The molecule has 0 atom stereocenters. The van der Waals surface area contributed by atoms with Crippen molar-refractivity contribution in [3.05, 3.63) is 80.8 Å². The van der Waals surface area contributed by atoms with Gasteiger partial charge in [0.15, 0.2) is 11.5 Å². The van der Waals surface area contributed by atoms with Crippen molar-refractivity contribution in [2.45, 2.75) is 20.8 Å². The summed E-state index contributed by atoms with van der Waals surface area (Å²) in [7, 11) is 3.08. The lowest BCUT2D eigenvalue weighted by atomic mass is 9.81. The third kappa shape index (κ3) is 4.01. The number of nitrogens with zero attached hydrogens (tertiary/aromatic N) is 1. The maximum atomic E-state index is 14.0. The number of aromatic hydroxyl groups is 1. The van der Waals surface area contributed by atoms with Gasteiger partial charge in [0.2, 0.25) is 5.78 Å². The number of hydrogen-bond acceptors (Lipinski definition) is 7. The number of phenols is 1. The van der Waals surface area contributed by atoms with Crippen LogP contribution in [0.15, 0.2) is 53.0 Å². The number of methoxy groups -OCH3 is 2. The van der Waals surface area contributed by atoms with E-state index in [0.29, 0.717) is 22.5 Å². The van der Waals surface area contributed by atoms with E-state index in [2.05, 4.69) is 20.8 Å². The number of benzene rings is 4. The monoisotopic (exact) mass is 589 g/mol. The lowest BCUT2D eigenvalue weighted by Crippen LogP contribution is -2.26. The Morgan fingerprint density at radius 3 is 2.26 bits per heavy atom. The van der Waals surface area contributed by atoms with Gasteiger partial charge in [-0.3, -0.25) is 9.59 Å². The Kier molecular flexibility index (Phi) is 6.99. The van der Waals surface area contributed by atoms with Gasteiger partial charge in [-0.1, -0.05) is 24.3 Å². The molecule has 0 aliphatic heterocycles. The van der Waals surface area contributed by atoms with Gasteiger partial charge in [-0.05, 0) is 60.5 Å². The molecule has 0 aromatic heterocycles. The van der Waals surface area contributed by atoms with Crippen LogP contribution in [-0.4, -0.2) is 44.0 Å². The zero-order valence-electron chi connectivity index (χ0n) is 22.3. The Balaban J connectivity index is 1.83. The zero-order chi connectivity index (χ0) is 28.0. The highest BCUT2D eigenvalue weighted by atomic mass is 79.9. The first kappa shape index (κ1) is 26.6. The number of anilines is 2. The van der Waals surface area contributed by atoms with E-state index in [0.717, 1.165) is 27.8 Å². The maximum absolute atomic E-state index is 14.0. The van der Waals surface area contributed by atoms with Crippen LogP contribution in [0.3, 0.4) is 0 Å². The minimum Gasteiger partial charge on any atom is -0.507 e. The lowest BCUT2D eigenvalue weighted by Gasteiger charge is -2.32. The number of ketones is 2. The molecule has 0 radical (unpaired) electrons. The van der Waals surface area contributed by atoms with Crippen molar-refractivity contribution in [1.82, 2.24) is 0 Å². The molecule has 4 aromatic carbocycles. The van der Waals surface area contributed by atoms with Crippen LogP contribution in [0.2, 0.25) is 0 Å². The molecule has 1 aliphatic rings. The van der Waals surface area contributed by atoms with Crippen molar-refractivity contribution >= 4 is 49.6 Å². The Morgan fingerprint density at radius 1 is 0.897 bits per heavy atom. The first-order valence-corrected chi connectivity index (χ1v) is 13.4. The fourth-order valence-corrected chi connectivity index (χ4v) is 5.92. The quantitative estimate of drug-likeness (QED) is 0.219. The largest absolute Gasteiger partial charge is 0.507 e. The lowest BCUT2D eigenvalue weighted by molar-refractivity contribution is 0.0972. The number of carbonyl (C=O) groups is 2. The van der Waals surface area contributed by atoms with Gasteiger partial charge in [-0.2, -0.15) is 0 Å². The van der Waals surface area contributed by atoms with Crippen molar-refractivity contribution < 1.29 is 28.9 Å². The highest BCUT2D eigenvalue weighted by Crippen LogP contribution is 2.50. The van der Waals surface area contributed by atoms with Crippen LogP contribution in [0.5, 0.6) is 23.0 Å². The summed E-state index contributed by atoms with van der Waals surface area (Å²) >= 11 is 3.65. The van der Waals surface area contributed by atoms with E-state index in [-0.39, 0.29) is 40.4 Å². The summed E-state index contributed by atoms with van der Waals surface area (Å²) in [6, 6.07) is 14.7. The summed E-state index contributed by atoms with van der Waals surface area (Å²) in [4.78, 5) is 30.0. The molecule has 0 amide bonds. The molecule has 5 rings (SSSR count). The molecule has 0 saturated heterocycles. The molecule has 0 heterocycles. The summed E-state index contributed by atoms with van der Waals surface area (Å²) in [5, 5.41) is 12.7. The van der Waals surface area contributed by atoms with Crippen LogP contribution >= 0.6 is 15.9 Å². The van der Waals surface area contributed by atoms with Crippen LogP contribution in [0.25, 0.3) is 10.8 Å². The fraction of sp³-hybridized carbons (Fsp3) is 0.226. The predicted octanol–water partition coefficient (Wildman–Crippen LogP) is 6.97. The van der Waals surface area contributed by atoms with E-state index in [4.69, 9.17) is 14.2 Å². The second-order valence-electron chi connectivity index (χ2n) is 9.10. The fourth-order valence-electron chi connectivity index (χ4n) is 5.36. The van der Waals surface area contributed by atoms with Gasteiger partial charge in [0.05, 0.1) is 43.2 Å². The normalized spacial score (nSPS) is 12.3. The number of fused-ring (bicyclic) bond motifs is 3. The highest BCUT2D eigenvalue weighted by molar-refractivity contribution is 9.10. The molecule has 200 valence electrons. The number of carbonyl (C=O) groups excluding carboxylic acids is 2. The first-order chi connectivity index (χ1) is 18.8. The minimum absolute atomic E-state index is 0.0612. The van der Waals surface area contributed by atoms with E-state index in [9.17, 15) is 14.7 Å². The Labute approximate surface area is 235 Å². The molecular weight excluding hydrogens is 562 g/mol. The van der Waals surface area contributed by atoms with Crippen molar-refractivity contribution in [2.75, 3.05) is 32.3 Å². The van der Waals surface area contributed by atoms with Crippen LogP contribution in [0.1, 0.15) is 51.3 Å². The van der Waals surface area contributed by atoms with E-state index in [1.54, 1.807) is 7.11 Å². The van der Waals surface area contributed by atoms with Gasteiger partial charge < -0.3 is 24.2 Å². The molecular formula is C31H28BrNO6. The molecule has 8 heteroatoms. The number of hydrogen-bond donors (Lipinski definition) is 1. The SMILES string of the molecule is CCOc1c2c(c(Br)c(C)c1N(CC)c1ccc(OC)c3ccccc13)C(=O)c1cc(OC)cc(O)c1C2=O. The van der Waals surface area contributed by atoms with Crippen LogP contribution < -0.4 is 19.1 Å². The summed E-state index contributed by atoms with van der Waals surface area (Å²) in [6.45, 7) is 6.56. The van der Waals surface area contributed by atoms with Gasteiger partial charge in [0.1, 0.15) is 17.2 Å². The Morgan fingerprint density at radius 2 is 1.62 bits per heavy atom. The molecule has 0 saturated carbocycles. The third-order valence-corrected chi connectivity index (χ3v) is 8.09. The molecule has 7 nitrogen and oxygen atoms in total. The predicted molar refractivity (Wildman–Crippen MR) is 155 cm³/mol. The average molecular weight is 590 g/mol. The van der Waals surface area contributed by atoms with Gasteiger partial charge in [-0.25, -0.2) is 0 Å². The smallest absolute Gasteiger partial charge is 0.202 e. The molecule has 0 unspecified atom stereocenters. The van der Waals surface area contributed by atoms with Gasteiger partial charge in [0, 0.05) is 39.1 Å². The highest BCUT2D eigenvalue weighted by Gasteiger charge is 2.40. The second kappa shape index (κ2) is 10.3. The molecule has 1 N–H and O–H groups in total. The maximum Gasteiger partial charge on any atom is 0.202 e. The molecule has 0 bridgehead atoms. The summed E-state index contributed by atoms with van der Waals surface area (Å²) in [5.74, 6) is 0.141. The van der Waals surface area contributed by atoms with E-state index in [1.807, 2.05) is 57.2 Å². The molecule has 4 aromatic rings.